The first-order chi connectivity index (χ1) is 9.49. The quantitative estimate of drug-likeness (QED) is 0.765. The minimum Gasteiger partial charge on any atom is -0.490 e. The molecule has 20 heavy (non-hydrogen) atoms. The van der Waals surface area contributed by atoms with Crippen molar-refractivity contribution in [2.75, 3.05) is 0 Å². The first-order valence-corrected chi connectivity index (χ1v) is 6.93. The molecule has 0 aliphatic rings. The molecule has 0 aliphatic carbocycles. The van der Waals surface area contributed by atoms with Crippen LogP contribution in [0.1, 0.15) is 35.3 Å². The van der Waals surface area contributed by atoms with Crippen LogP contribution in [0.2, 0.25) is 5.02 Å². The summed E-state index contributed by atoms with van der Waals surface area (Å²) < 4.78 is 5.70. The smallest absolute Gasteiger partial charge is 0.197 e. The number of ether oxygens (including phenoxy) is 1. The Kier molecular flexibility index (Phi) is 4.46. The lowest BCUT2D eigenvalue weighted by Crippen LogP contribution is -2.11. The maximum atomic E-state index is 12.7. The van der Waals surface area contributed by atoms with Gasteiger partial charge in [0.1, 0.15) is 5.75 Å². The molecular formula is C17H17ClO2. The second kappa shape index (κ2) is 6.10. The summed E-state index contributed by atoms with van der Waals surface area (Å²) in [6.07, 6.45) is 0.0180. The molecule has 3 heteroatoms. The second-order valence-corrected chi connectivity index (χ2v) is 5.39. The van der Waals surface area contributed by atoms with Gasteiger partial charge in [0, 0.05) is 10.6 Å². The van der Waals surface area contributed by atoms with Gasteiger partial charge in [-0.15, -0.1) is 0 Å². The van der Waals surface area contributed by atoms with Crippen LogP contribution < -0.4 is 4.74 Å². The third-order valence-electron chi connectivity index (χ3n) is 2.94. The molecule has 2 nitrogen and oxygen atoms in total. The SMILES string of the molecule is Cc1ccc(Cl)cc1C(=O)c1ccccc1OC(C)C. The fourth-order valence-electron chi connectivity index (χ4n) is 1.99. The van der Waals surface area contributed by atoms with Gasteiger partial charge >= 0.3 is 0 Å². The van der Waals surface area contributed by atoms with Crippen molar-refractivity contribution < 1.29 is 9.53 Å². The first kappa shape index (κ1) is 14.6. The van der Waals surface area contributed by atoms with E-state index in [4.69, 9.17) is 16.3 Å². The molecule has 0 radical (unpaired) electrons. The lowest BCUT2D eigenvalue weighted by molar-refractivity contribution is 0.103. The number of carbonyl (C=O) groups excluding carboxylic acids is 1. The van der Waals surface area contributed by atoms with Gasteiger partial charge in [-0.25, -0.2) is 0 Å². The van der Waals surface area contributed by atoms with Gasteiger partial charge in [0.05, 0.1) is 11.7 Å². The van der Waals surface area contributed by atoms with Gasteiger partial charge in [0.25, 0.3) is 0 Å². The number of carbonyl (C=O) groups is 1. The van der Waals surface area contributed by atoms with Crippen LogP contribution in [0.4, 0.5) is 0 Å². The fraction of sp³-hybridized carbons (Fsp3) is 0.235. The lowest BCUT2D eigenvalue weighted by Gasteiger charge is -2.14. The van der Waals surface area contributed by atoms with Crippen LogP contribution in [0.15, 0.2) is 42.5 Å². The van der Waals surface area contributed by atoms with Crippen molar-refractivity contribution in [3.8, 4) is 5.75 Å². The molecule has 0 atom stereocenters. The summed E-state index contributed by atoms with van der Waals surface area (Å²) >= 11 is 5.99. The standard InChI is InChI=1S/C17H17ClO2/c1-11(2)20-16-7-5-4-6-14(16)17(19)15-10-13(18)9-8-12(15)3/h4-11H,1-3H3. The zero-order valence-electron chi connectivity index (χ0n) is 11.8. The van der Waals surface area contributed by atoms with Gasteiger partial charge in [-0.1, -0.05) is 29.8 Å². The highest BCUT2D eigenvalue weighted by Crippen LogP contribution is 2.25. The van der Waals surface area contributed by atoms with Gasteiger partial charge < -0.3 is 4.74 Å². The Morgan fingerprint density at radius 1 is 1.10 bits per heavy atom. The minimum absolute atomic E-state index is 0.0180. The maximum Gasteiger partial charge on any atom is 0.197 e. The van der Waals surface area contributed by atoms with E-state index in [1.807, 2.05) is 45.0 Å². The van der Waals surface area contributed by atoms with Crippen LogP contribution in [0.25, 0.3) is 0 Å². The molecule has 0 fully saturated rings. The fourth-order valence-corrected chi connectivity index (χ4v) is 2.17. The Labute approximate surface area is 124 Å². The second-order valence-electron chi connectivity index (χ2n) is 4.95. The van der Waals surface area contributed by atoms with Gasteiger partial charge in [-0.3, -0.25) is 4.79 Å². The zero-order chi connectivity index (χ0) is 14.7. The van der Waals surface area contributed by atoms with Crippen LogP contribution >= 0.6 is 11.6 Å². The van der Waals surface area contributed by atoms with E-state index in [1.54, 1.807) is 18.2 Å². The summed E-state index contributed by atoms with van der Waals surface area (Å²) in [6, 6.07) is 12.6. The van der Waals surface area contributed by atoms with Crippen molar-refractivity contribution >= 4 is 17.4 Å². The zero-order valence-corrected chi connectivity index (χ0v) is 12.6. The Balaban J connectivity index is 2.45. The normalized spacial score (nSPS) is 10.7. The summed E-state index contributed by atoms with van der Waals surface area (Å²) in [5.74, 6) is 0.535. The molecule has 2 aromatic rings. The van der Waals surface area contributed by atoms with E-state index in [9.17, 15) is 4.79 Å². The molecular weight excluding hydrogens is 272 g/mol. The van der Waals surface area contributed by atoms with Crippen molar-refractivity contribution in [2.45, 2.75) is 26.9 Å². The van der Waals surface area contributed by atoms with Gasteiger partial charge in [-0.05, 0) is 50.6 Å². The van der Waals surface area contributed by atoms with Crippen LogP contribution in [0, 0.1) is 6.92 Å². The molecule has 104 valence electrons. The molecule has 2 rings (SSSR count). The molecule has 2 aromatic carbocycles. The molecule has 0 saturated heterocycles. The predicted molar refractivity (Wildman–Crippen MR) is 81.8 cm³/mol. The number of benzene rings is 2. The summed E-state index contributed by atoms with van der Waals surface area (Å²) in [7, 11) is 0. The van der Waals surface area contributed by atoms with E-state index in [0.29, 0.717) is 21.9 Å². The van der Waals surface area contributed by atoms with E-state index in [0.717, 1.165) is 5.56 Å². The monoisotopic (exact) mass is 288 g/mol. The van der Waals surface area contributed by atoms with E-state index >= 15 is 0 Å². The Hall–Kier alpha value is -1.80. The highest BCUT2D eigenvalue weighted by Gasteiger charge is 2.17. The van der Waals surface area contributed by atoms with Gasteiger partial charge in [-0.2, -0.15) is 0 Å². The number of aryl methyl sites for hydroxylation is 1. The number of ketones is 1. The molecule has 0 saturated carbocycles. The number of para-hydroxylation sites is 1. The van der Waals surface area contributed by atoms with Crippen molar-refractivity contribution in [3.05, 3.63) is 64.2 Å². The average molecular weight is 289 g/mol. The van der Waals surface area contributed by atoms with E-state index in [-0.39, 0.29) is 11.9 Å². The maximum absolute atomic E-state index is 12.7. The first-order valence-electron chi connectivity index (χ1n) is 6.55. The van der Waals surface area contributed by atoms with E-state index in [2.05, 4.69) is 0 Å². The molecule has 0 bridgehead atoms. The average Bonchev–Trinajstić information content (AvgIpc) is 2.41. The van der Waals surface area contributed by atoms with E-state index < -0.39 is 0 Å². The summed E-state index contributed by atoms with van der Waals surface area (Å²) in [4.78, 5) is 12.7. The third-order valence-corrected chi connectivity index (χ3v) is 3.17. The number of rotatable bonds is 4. The van der Waals surface area contributed by atoms with Crippen molar-refractivity contribution in [1.29, 1.82) is 0 Å². The molecule has 0 N–H and O–H groups in total. The molecule has 0 aliphatic heterocycles. The van der Waals surface area contributed by atoms with Crippen molar-refractivity contribution in [1.82, 2.24) is 0 Å². The Bertz CT molecular complexity index is 633. The Morgan fingerprint density at radius 3 is 2.50 bits per heavy atom. The van der Waals surface area contributed by atoms with Crippen molar-refractivity contribution in [3.63, 3.8) is 0 Å². The predicted octanol–water partition coefficient (Wildman–Crippen LogP) is 4.67. The van der Waals surface area contributed by atoms with E-state index in [1.165, 1.54) is 0 Å². The largest absolute Gasteiger partial charge is 0.490 e. The molecule has 0 heterocycles. The summed E-state index contributed by atoms with van der Waals surface area (Å²) in [6.45, 7) is 5.77. The summed E-state index contributed by atoms with van der Waals surface area (Å²) in [5, 5.41) is 0.557. The van der Waals surface area contributed by atoms with Gasteiger partial charge in [0.2, 0.25) is 0 Å². The van der Waals surface area contributed by atoms with Crippen LogP contribution in [0.3, 0.4) is 0 Å². The van der Waals surface area contributed by atoms with Gasteiger partial charge in [0.15, 0.2) is 5.78 Å². The van der Waals surface area contributed by atoms with Crippen LogP contribution in [-0.2, 0) is 0 Å². The molecule has 0 amide bonds. The minimum atomic E-state index is -0.0683. The highest BCUT2D eigenvalue weighted by molar-refractivity contribution is 6.31. The third kappa shape index (κ3) is 3.20. The number of hydrogen-bond acceptors (Lipinski definition) is 2. The topological polar surface area (TPSA) is 26.3 Å². The summed E-state index contributed by atoms with van der Waals surface area (Å²) in [5.41, 5.74) is 2.07. The van der Waals surface area contributed by atoms with Crippen molar-refractivity contribution in [2.24, 2.45) is 0 Å². The number of hydrogen-bond donors (Lipinski definition) is 0. The Morgan fingerprint density at radius 2 is 1.80 bits per heavy atom. The molecule has 0 aromatic heterocycles. The molecule has 0 unspecified atom stereocenters. The van der Waals surface area contributed by atoms with Crippen LogP contribution in [0.5, 0.6) is 5.75 Å². The van der Waals surface area contributed by atoms with Crippen LogP contribution in [-0.4, -0.2) is 11.9 Å². The molecule has 0 spiro atoms. The lowest BCUT2D eigenvalue weighted by atomic mass is 9.98. The number of halogens is 1. The highest BCUT2D eigenvalue weighted by atomic mass is 35.5.